The van der Waals surface area contributed by atoms with Gasteiger partial charge in [0.05, 0.1) is 11.5 Å². The van der Waals surface area contributed by atoms with Crippen LogP contribution in [0, 0.1) is 21.4 Å². The second-order valence-electron chi connectivity index (χ2n) is 6.45. The van der Waals surface area contributed by atoms with E-state index in [-0.39, 0.29) is 29.4 Å². The molecule has 1 saturated heterocycles. The molecular weight excluding hydrogens is 302 g/mol. The molecule has 0 aliphatic carbocycles. The fourth-order valence-electron chi connectivity index (χ4n) is 2.80. The Kier molecular flexibility index (Phi) is 5.02. The van der Waals surface area contributed by atoms with Crippen molar-refractivity contribution in [1.82, 2.24) is 9.88 Å². The molecule has 1 aliphatic rings. The molecule has 1 atom stereocenters. The molecule has 0 bridgehead atoms. The molecule has 0 radical (unpaired) electrons. The van der Waals surface area contributed by atoms with Crippen LogP contribution in [-0.4, -0.2) is 45.7 Å². The summed E-state index contributed by atoms with van der Waals surface area (Å²) in [5.41, 5.74) is -0.468. The summed E-state index contributed by atoms with van der Waals surface area (Å²) in [4.78, 5) is 26.8. The predicted molar refractivity (Wildman–Crippen MR) is 82.5 cm³/mol. The number of amides is 1. The van der Waals surface area contributed by atoms with Gasteiger partial charge >= 0.3 is 11.8 Å². The predicted octanol–water partition coefficient (Wildman–Crippen LogP) is 2.78. The smallest absolute Gasteiger partial charge is 0.407 e. The van der Waals surface area contributed by atoms with Crippen molar-refractivity contribution < 1.29 is 19.6 Å². The van der Waals surface area contributed by atoms with Crippen molar-refractivity contribution in [2.24, 2.45) is 11.3 Å². The lowest BCUT2D eigenvalue weighted by Gasteiger charge is -2.40. The third-order valence-corrected chi connectivity index (χ3v) is 4.35. The van der Waals surface area contributed by atoms with Gasteiger partial charge in [-0.1, -0.05) is 13.8 Å². The van der Waals surface area contributed by atoms with E-state index in [9.17, 15) is 14.9 Å². The summed E-state index contributed by atoms with van der Waals surface area (Å²) >= 11 is 0. The molecular formula is C15H21N3O5. The van der Waals surface area contributed by atoms with E-state index in [1.54, 1.807) is 0 Å². The molecule has 2 heterocycles. The molecule has 1 N–H and O–H groups in total. The van der Waals surface area contributed by atoms with E-state index in [4.69, 9.17) is 9.84 Å². The molecule has 126 valence electrons. The summed E-state index contributed by atoms with van der Waals surface area (Å²) in [5.74, 6) is 0.331. The van der Waals surface area contributed by atoms with Crippen LogP contribution >= 0.6 is 0 Å². The van der Waals surface area contributed by atoms with Crippen LogP contribution in [0.5, 0.6) is 5.75 Å². The molecule has 1 fully saturated rings. The Labute approximate surface area is 134 Å². The van der Waals surface area contributed by atoms with Gasteiger partial charge in [-0.25, -0.2) is 4.79 Å². The monoisotopic (exact) mass is 323 g/mol. The van der Waals surface area contributed by atoms with E-state index in [0.29, 0.717) is 13.1 Å². The SMILES string of the molecule is CC(C)(COc1ccncc1[N+](=O)[O-])[C@@H]1CCCN(C(=O)O)C1. The number of pyridine rings is 1. The Morgan fingerprint density at radius 1 is 1.61 bits per heavy atom. The highest BCUT2D eigenvalue weighted by atomic mass is 16.6. The molecule has 2 rings (SSSR count). The number of nitrogens with zero attached hydrogens (tertiary/aromatic N) is 3. The lowest BCUT2D eigenvalue weighted by molar-refractivity contribution is -0.386. The minimum absolute atomic E-state index is 0.147. The molecule has 8 heteroatoms. The minimum atomic E-state index is -0.906. The molecule has 1 amide bonds. The lowest BCUT2D eigenvalue weighted by atomic mass is 9.75. The van der Waals surface area contributed by atoms with Crippen LogP contribution in [0.4, 0.5) is 10.5 Å². The average molecular weight is 323 g/mol. The Morgan fingerprint density at radius 2 is 2.35 bits per heavy atom. The normalized spacial score (nSPS) is 18.5. The summed E-state index contributed by atoms with van der Waals surface area (Å²) < 4.78 is 5.66. The first-order valence-electron chi connectivity index (χ1n) is 7.50. The molecule has 1 aromatic rings. The number of carboxylic acid groups (broad SMARTS) is 1. The summed E-state index contributed by atoms with van der Waals surface area (Å²) in [6.45, 7) is 5.28. The lowest BCUT2D eigenvalue weighted by Crippen LogP contribution is -2.45. The number of carbonyl (C=O) groups is 1. The molecule has 8 nitrogen and oxygen atoms in total. The van der Waals surface area contributed by atoms with Crippen molar-refractivity contribution in [3.63, 3.8) is 0 Å². The second kappa shape index (κ2) is 6.80. The van der Waals surface area contributed by atoms with E-state index in [1.807, 2.05) is 13.8 Å². The van der Waals surface area contributed by atoms with Gasteiger partial charge in [0, 0.05) is 30.8 Å². The zero-order valence-electron chi connectivity index (χ0n) is 13.3. The second-order valence-corrected chi connectivity index (χ2v) is 6.45. The van der Waals surface area contributed by atoms with Crippen LogP contribution < -0.4 is 4.74 Å². The van der Waals surface area contributed by atoms with Crippen LogP contribution in [-0.2, 0) is 0 Å². The molecule has 0 spiro atoms. The largest absolute Gasteiger partial charge is 0.486 e. The Hall–Kier alpha value is -2.38. The first-order valence-corrected chi connectivity index (χ1v) is 7.50. The number of ether oxygens (including phenoxy) is 1. The summed E-state index contributed by atoms with van der Waals surface area (Å²) in [5, 5.41) is 20.1. The highest BCUT2D eigenvalue weighted by Crippen LogP contribution is 2.35. The number of hydrogen-bond acceptors (Lipinski definition) is 5. The molecule has 1 aromatic heterocycles. The zero-order chi connectivity index (χ0) is 17.0. The van der Waals surface area contributed by atoms with Gasteiger partial charge in [0.15, 0.2) is 5.75 Å². The third kappa shape index (κ3) is 4.08. The summed E-state index contributed by atoms with van der Waals surface area (Å²) in [7, 11) is 0. The van der Waals surface area contributed by atoms with Crippen molar-refractivity contribution in [1.29, 1.82) is 0 Å². The van der Waals surface area contributed by atoms with Gasteiger partial charge in [-0.15, -0.1) is 0 Å². The van der Waals surface area contributed by atoms with Crippen LogP contribution in [0.25, 0.3) is 0 Å². The van der Waals surface area contributed by atoms with E-state index in [1.165, 1.54) is 17.2 Å². The minimum Gasteiger partial charge on any atom is -0.486 e. The number of aromatic nitrogens is 1. The number of hydrogen-bond donors (Lipinski definition) is 1. The van der Waals surface area contributed by atoms with Crippen LogP contribution in [0.1, 0.15) is 26.7 Å². The van der Waals surface area contributed by atoms with Crippen LogP contribution in [0.3, 0.4) is 0 Å². The molecule has 23 heavy (non-hydrogen) atoms. The van der Waals surface area contributed by atoms with Crippen LogP contribution in [0.15, 0.2) is 18.5 Å². The first-order chi connectivity index (χ1) is 10.8. The van der Waals surface area contributed by atoms with E-state index in [2.05, 4.69) is 4.98 Å². The number of rotatable bonds is 5. The van der Waals surface area contributed by atoms with E-state index in [0.717, 1.165) is 19.0 Å². The topological polar surface area (TPSA) is 106 Å². The number of nitro groups is 1. The zero-order valence-corrected chi connectivity index (χ0v) is 13.3. The van der Waals surface area contributed by atoms with Crippen molar-refractivity contribution in [2.45, 2.75) is 26.7 Å². The maximum absolute atomic E-state index is 11.1. The van der Waals surface area contributed by atoms with Gasteiger partial charge < -0.3 is 14.7 Å². The number of likely N-dealkylation sites (tertiary alicyclic amines) is 1. The first kappa shape index (κ1) is 17.0. The van der Waals surface area contributed by atoms with E-state index < -0.39 is 11.0 Å². The fraction of sp³-hybridized carbons (Fsp3) is 0.600. The summed E-state index contributed by atoms with van der Waals surface area (Å²) in [6, 6.07) is 1.47. The highest BCUT2D eigenvalue weighted by Gasteiger charge is 2.35. The van der Waals surface area contributed by atoms with Crippen molar-refractivity contribution in [2.75, 3.05) is 19.7 Å². The van der Waals surface area contributed by atoms with Gasteiger partial charge in [0.2, 0.25) is 0 Å². The molecule has 1 aliphatic heterocycles. The number of piperidine rings is 1. The van der Waals surface area contributed by atoms with E-state index >= 15 is 0 Å². The Balaban J connectivity index is 2.04. The standard InChI is InChI=1S/C15H21N3O5/c1-15(2,11-4-3-7-17(9-11)14(19)20)10-23-13-5-6-16-8-12(13)18(21)22/h5-6,8,11H,3-4,7,9-10H2,1-2H3,(H,19,20)/t11-/m1/s1. The Morgan fingerprint density at radius 3 is 3.00 bits per heavy atom. The van der Waals surface area contributed by atoms with Crippen LogP contribution in [0.2, 0.25) is 0 Å². The Bertz CT molecular complexity index is 590. The molecule has 0 saturated carbocycles. The molecule has 0 aromatic carbocycles. The summed E-state index contributed by atoms with van der Waals surface area (Å²) in [6.07, 6.45) is 3.43. The van der Waals surface area contributed by atoms with Gasteiger partial charge in [-0.05, 0) is 18.8 Å². The third-order valence-electron chi connectivity index (χ3n) is 4.35. The maximum atomic E-state index is 11.1. The quantitative estimate of drug-likeness (QED) is 0.659. The van der Waals surface area contributed by atoms with Crippen molar-refractivity contribution >= 4 is 11.8 Å². The maximum Gasteiger partial charge on any atom is 0.407 e. The van der Waals surface area contributed by atoms with Gasteiger partial charge in [0.1, 0.15) is 6.20 Å². The van der Waals surface area contributed by atoms with Crippen molar-refractivity contribution in [3.05, 3.63) is 28.6 Å². The van der Waals surface area contributed by atoms with Gasteiger partial charge in [-0.3, -0.25) is 15.1 Å². The fourth-order valence-corrected chi connectivity index (χ4v) is 2.80. The van der Waals surface area contributed by atoms with Gasteiger partial charge in [-0.2, -0.15) is 0 Å². The molecule has 0 unspecified atom stereocenters. The van der Waals surface area contributed by atoms with Gasteiger partial charge in [0.25, 0.3) is 0 Å². The van der Waals surface area contributed by atoms with Crippen molar-refractivity contribution in [3.8, 4) is 5.75 Å². The average Bonchev–Trinajstić information content (AvgIpc) is 2.53. The highest BCUT2D eigenvalue weighted by molar-refractivity contribution is 5.65.